The Kier molecular flexibility index (Phi) is 12.0. The van der Waals surface area contributed by atoms with Gasteiger partial charge < -0.3 is 21.1 Å². The molecule has 6 unspecified atom stereocenters. The molecule has 0 spiro atoms. The Morgan fingerprint density at radius 2 is 1.66 bits per heavy atom. The Hall–Kier alpha value is -2.80. The molecule has 2 heterocycles. The number of carbonyl (C=O) groups is 3. The first-order valence-corrected chi connectivity index (χ1v) is 19.4. The van der Waals surface area contributed by atoms with Crippen LogP contribution in [0, 0.1) is 11.8 Å². The Labute approximate surface area is 284 Å². The Bertz CT molecular complexity index is 1470. The van der Waals surface area contributed by atoms with E-state index in [1.807, 2.05) is 51.1 Å². The van der Waals surface area contributed by atoms with Crippen molar-refractivity contribution in [2.45, 2.75) is 108 Å². The number of fused-ring (bicyclic) bond motifs is 1. The van der Waals surface area contributed by atoms with Gasteiger partial charge in [-0.25, -0.2) is 8.42 Å². The van der Waals surface area contributed by atoms with E-state index in [0.717, 1.165) is 37.5 Å². The fourth-order valence-electron chi connectivity index (χ4n) is 6.79. The van der Waals surface area contributed by atoms with E-state index in [1.165, 1.54) is 25.2 Å². The summed E-state index contributed by atoms with van der Waals surface area (Å²) >= 11 is 1.31. The van der Waals surface area contributed by atoms with Crippen LogP contribution in [0.5, 0.6) is 0 Å². The Morgan fingerprint density at radius 3 is 2.26 bits per heavy atom. The minimum Gasteiger partial charge on any atom is -0.390 e. The normalized spacial score (nSPS) is 22.7. The number of β-amino-alcohol motifs (C(OH)–C–C–N with tert-alkyl or cyclic N) is 1. The highest BCUT2D eigenvalue weighted by molar-refractivity contribution is 7.92. The first-order valence-electron chi connectivity index (χ1n) is 16.6. The van der Waals surface area contributed by atoms with Crippen molar-refractivity contribution in [1.82, 2.24) is 20.9 Å². The van der Waals surface area contributed by atoms with Crippen LogP contribution in [-0.4, -0.2) is 90.0 Å². The SMILES string of the molecule is CC(C)(C)NC(=O)C1CC2CCCCC2CN1CC(O)C(Cc1ccccc1)NC(=O)C(NC(=O)c1ccsc1)C(C)(C)S(C)(=O)=O. The highest BCUT2D eigenvalue weighted by atomic mass is 32.2. The minimum atomic E-state index is -3.83. The van der Waals surface area contributed by atoms with Crippen molar-refractivity contribution in [2.75, 3.05) is 19.3 Å². The van der Waals surface area contributed by atoms with Gasteiger partial charge in [0.1, 0.15) is 6.04 Å². The maximum atomic E-state index is 14.1. The van der Waals surface area contributed by atoms with Crippen LogP contribution in [0.2, 0.25) is 0 Å². The fraction of sp³-hybridized carbons (Fsp3) is 0.629. The molecule has 6 atom stereocenters. The first kappa shape index (κ1) is 37.0. The zero-order valence-corrected chi connectivity index (χ0v) is 30.1. The summed E-state index contributed by atoms with van der Waals surface area (Å²) in [5.74, 6) is -0.450. The van der Waals surface area contributed by atoms with Crippen molar-refractivity contribution >= 4 is 38.9 Å². The van der Waals surface area contributed by atoms with Crippen molar-refractivity contribution in [3.05, 3.63) is 58.3 Å². The molecule has 4 rings (SSSR count). The monoisotopic (exact) mass is 688 g/mol. The second kappa shape index (κ2) is 15.2. The van der Waals surface area contributed by atoms with Gasteiger partial charge in [0.2, 0.25) is 11.8 Å². The van der Waals surface area contributed by atoms with Crippen molar-refractivity contribution in [1.29, 1.82) is 0 Å². The van der Waals surface area contributed by atoms with E-state index in [9.17, 15) is 27.9 Å². The number of carbonyl (C=O) groups excluding carboxylic acids is 3. The summed E-state index contributed by atoms with van der Waals surface area (Å²) in [4.78, 5) is 42.9. The molecule has 12 heteroatoms. The molecule has 2 fully saturated rings. The molecule has 0 radical (unpaired) electrons. The molecule has 1 aromatic carbocycles. The first-order chi connectivity index (χ1) is 22.0. The third-order valence-electron chi connectivity index (χ3n) is 9.79. The maximum absolute atomic E-state index is 14.1. The van der Waals surface area contributed by atoms with Gasteiger partial charge in [0.25, 0.3) is 5.91 Å². The van der Waals surface area contributed by atoms with Gasteiger partial charge in [-0.1, -0.05) is 49.6 Å². The van der Waals surface area contributed by atoms with Crippen molar-refractivity contribution in [2.24, 2.45) is 11.8 Å². The van der Waals surface area contributed by atoms with Gasteiger partial charge in [-0.2, -0.15) is 11.3 Å². The summed E-state index contributed by atoms with van der Waals surface area (Å²) in [6.07, 6.45) is 5.42. The summed E-state index contributed by atoms with van der Waals surface area (Å²) in [6.45, 7) is 9.50. The number of thiophene rings is 1. The zero-order chi connectivity index (χ0) is 34.6. The second-order valence-electron chi connectivity index (χ2n) is 14.9. The maximum Gasteiger partial charge on any atom is 0.252 e. The molecule has 1 aliphatic carbocycles. The van der Waals surface area contributed by atoms with Gasteiger partial charge in [0, 0.05) is 30.3 Å². The highest BCUT2D eigenvalue weighted by Crippen LogP contribution is 2.39. The van der Waals surface area contributed by atoms with Crippen molar-refractivity contribution in [3.8, 4) is 0 Å². The molecule has 2 aromatic rings. The number of nitrogens with one attached hydrogen (secondary N) is 3. The lowest BCUT2D eigenvalue weighted by molar-refractivity contribution is -0.133. The number of sulfone groups is 1. The number of aliphatic hydroxyl groups is 1. The summed E-state index contributed by atoms with van der Waals surface area (Å²) in [5, 5.41) is 24.0. The zero-order valence-electron chi connectivity index (χ0n) is 28.5. The molecule has 2 aliphatic rings. The number of hydrogen-bond acceptors (Lipinski definition) is 8. The highest BCUT2D eigenvalue weighted by Gasteiger charge is 2.46. The molecule has 1 aliphatic heterocycles. The number of hydrogen-bond donors (Lipinski definition) is 4. The molecular weight excluding hydrogens is 637 g/mol. The van der Waals surface area contributed by atoms with Gasteiger partial charge in [-0.15, -0.1) is 0 Å². The van der Waals surface area contributed by atoms with Crippen LogP contribution in [0.25, 0.3) is 0 Å². The molecule has 10 nitrogen and oxygen atoms in total. The lowest BCUT2D eigenvalue weighted by atomic mass is 9.72. The van der Waals surface area contributed by atoms with Gasteiger partial charge in [-0.3, -0.25) is 19.3 Å². The summed E-state index contributed by atoms with van der Waals surface area (Å²) in [5.41, 5.74) is 0.776. The molecule has 0 bridgehead atoms. The standard InChI is InChI=1S/C35H52N4O6S2/c1-34(2,3)38-32(42)28-19-24-14-10-11-15-25(24)20-39(28)21-29(40)27(18-23-12-8-7-9-13-23)36-33(43)30(35(4,5)47(6,44)45)37-31(41)26-16-17-46-22-26/h7-9,12-13,16-17,22,24-25,27-30,40H,10-11,14-15,18-21H2,1-6H3,(H,36,43)(H,37,41)(H,38,42). The summed E-state index contributed by atoms with van der Waals surface area (Å²) in [6, 6.07) is 8.32. The smallest absolute Gasteiger partial charge is 0.252 e. The van der Waals surface area contributed by atoms with E-state index >= 15 is 0 Å². The van der Waals surface area contributed by atoms with Crippen molar-refractivity contribution < 1.29 is 27.9 Å². The van der Waals surface area contributed by atoms with Gasteiger partial charge in [0.05, 0.1) is 28.5 Å². The topological polar surface area (TPSA) is 145 Å². The van der Waals surface area contributed by atoms with Gasteiger partial charge in [-0.05, 0) is 82.7 Å². The third-order valence-corrected chi connectivity index (χ3v) is 12.6. The average Bonchev–Trinajstić information content (AvgIpc) is 3.53. The van der Waals surface area contributed by atoms with Crippen molar-refractivity contribution in [3.63, 3.8) is 0 Å². The fourth-order valence-corrected chi connectivity index (χ4v) is 8.02. The predicted octanol–water partition coefficient (Wildman–Crippen LogP) is 3.55. The van der Waals surface area contributed by atoms with E-state index in [2.05, 4.69) is 20.9 Å². The van der Waals surface area contributed by atoms with E-state index in [0.29, 0.717) is 30.4 Å². The van der Waals surface area contributed by atoms with E-state index in [4.69, 9.17) is 0 Å². The quantitative estimate of drug-likeness (QED) is 0.267. The van der Waals surface area contributed by atoms with Gasteiger partial charge >= 0.3 is 0 Å². The van der Waals surface area contributed by atoms with Crippen LogP contribution in [0.15, 0.2) is 47.2 Å². The van der Waals surface area contributed by atoms with E-state index in [1.54, 1.807) is 16.8 Å². The number of nitrogens with zero attached hydrogens (tertiary/aromatic N) is 1. The average molecular weight is 689 g/mol. The van der Waals surface area contributed by atoms with Crippen LogP contribution in [0.3, 0.4) is 0 Å². The molecule has 260 valence electrons. The molecule has 3 amide bonds. The summed E-state index contributed by atoms with van der Waals surface area (Å²) in [7, 11) is -3.83. The second-order valence-corrected chi connectivity index (χ2v) is 18.3. The number of amides is 3. The predicted molar refractivity (Wildman–Crippen MR) is 186 cm³/mol. The number of benzene rings is 1. The van der Waals surface area contributed by atoms with E-state index in [-0.39, 0.29) is 18.9 Å². The Morgan fingerprint density at radius 1 is 1.00 bits per heavy atom. The van der Waals surface area contributed by atoms with Crippen LogP contribution >= 0.6 is 11.3 Å². The number of likely N-dealkylation sites (tertiary alicyclic amines) is 1. The largest absolute Gasteiger partial charge is 0.390 e. The minimum absolute atomic E-state index is 0.0662. The lowest BCUT2D eigenvalue weighted by Crippen LogP contribution is -2.64. The molecule has 1 saturated carbocycles. The Balaban J connectivity index is 1.62. The lowest BCUT2D eigenvalue weighted by Gasteiger charge is -2.47. The van der Waals surface area contributed by atoms with Crippen LogP contribution < -0.4 is 16.0 Å². The number of rotatable bonds is 12. The molecular formula is C35H52N4O6S2. The third kappa shape index (κ3) is 9.64. The molecule has 1 aromatic heterocycles. The summed E-state index contributed by atoms with van der Waals surface area (Å²) < 4.78 is 24.2. The molecule has 47 heavy (non-hydrogen) atoms. The van der Waals surface area contributed by atoms with E-state index < -0.39 is 56.2 Å². The molecule has 4 N–H and O–H groups in total. The van der Waals surface area contributed by atoms with Crippen LogP contribution in [-0.2, 0) is 25.8 Å². The van der Waals surface area contributed by atoms with Crippen LogP contribution in [0.1, 0.15) is 82.6 Å². The molecule has 1 saturated heterocycles. The number of aliphatic hydroxyl groups excluding tert-OH is 1. The van der Waals surface area contributed by atoms with Gasteiger partial charge in [0.15, 0.2) is 9.84 Å². The number of piperidine rings is 1. The van der Waals surface area contributed by atoms with Crippen LogP contribution in [0.4, 0.5) is 0 Å².